The van der Waals surface area contributed by atoms with Crippen molar-refractivity contribution in [2.24, 2.45) is 11.8 Å². The molecule has 0 saturated carbocycles. The van der Waals surface area contributed by atoms with Crippen molar-refractivity contribution < 1.29 is 4.74 Å². The second-order valence-electron chi connectivity index (χ2n) is 6.11. The fourth-order valence-corrected chi connectivity index (χ4v) is 2.64. The standard InChI is InChI=1S/C15H32N2O/c1-5-8-16-15(13(2)3)11-17(4)10-14-7-6-9-18-12-14/h13-16H,5-12H2,1-4H3. The molecule has 0 bridgehead atoms. The Kier molecular flexibility index (Phi) is 7.87. The number of likely N-dealkylation sites (N-methyl/N-ethyl adjacent to an activating group) is 1. The fraction of sp³-hybridized carbons (Fsp3) is 1.00. The van der Waals surface area contributed by atoms with E-state index in [0.717, 1.165) is 32.2 Å². The van der Waals surface area contributed by atoms with Gasteiger partial charge in [0.1, 0.15) is 0 Å². The van der Waals surface area contributed by atoms with Crippen LogP contribution in [0.4, 0.5) is 0 Å². The molecule has 108 valence electrons. The lowest BCUT2D eigenvalue weighted by Crippen LogP contribution is -2.45. The van der Waals surface area contributed by atoms with E-state index in [2.05, 4.69) is 38.0 Å². The molecule has 3 nitrogen and oxygen atoms in total. The third-order valence-electron chi connectivity index (χ3n) is 3.79. The molecule has 0 aromatic carbocycles. The van der Waals surface area contributed by atoms with Gasteiger partial charge in [0.15, 0.2) is 0 Å². The number of nitrogens with one attached hydrogen (secondary N) is 1. The van der Waals surface area contributed by atoms with Gasteiger partial charge in [0.2, 0.25) is 0 Å². The molecule has 0 aromatic rings. The van der Waals surface area contributed by atoms with Crippen LogP contribution in [0.1, 0.15) is 40.0 Å². The lowest BCUT2D eigenvalue weighted by Gasteiger charge is -2.31. The Balaban J connectivity index is 2.28. The maximum Gasteiger partial charge on any atom is 0.0506 e. The predicted octanol–water partition coefficient (Wildman–Crippen LogP) is 2.37. The summed E-state index contributed by atoms with van der Waals surface area (Å²) in [5.41, 5.74) is 0. The molecule has 0 aromatic heterocycles. The Hall–Kier alpha value is -0.120. The minimum Gasteiger partial charge on any atom is -0.381 e. The molecule has 1 N–H and O–H groups in total. The Morgan fingerprint density at radius 2 is 2.17 bits per heavy atom. The van der Waals surface area contributed by atoms with E-state index >= 15 is 0 Å². The zero-order chi connectivity index (χ0) is 13.4. The van der Waals surface area contributed by atoms with E-state index in [9.17, 15) is 0 Å². The number of hydrogen-bond acceptors (Lipinski definition) is 3. The summed E-state index contributed by atoms with van der Waals surface area (Å²) < 4.78 is 5.56. The van der Waals surface area contributed by atoms with Gasteiger partial charge >= 0.3 is 0 Å². The van der Waals surface area contributed by atoms with E-state index in [1.54, 1.807) is 0 Å². The van der Waals surface area contributed by atoms with E-state index in [-0.39, 0.29) is 0 Å². The van der Waals surface area contributed by atoms with Gasteiger partial charge in [-0.2, -0.15) is 0 Å². The summed E-state index contributed by atoms with van der Waals surface area (Å²) in [6.07, 6.45) is 3.78. The molecule has 1 rings (SSSR count). The van der Waals surface area contributed by atoms with Gasteiger partial charge < -0.3 is 15.0 Å². The van der Waals surface area contributed by atoms with Crippen LogP contribution in [-0.2, 0) is 4.74 Å². The minimum absolute atomic E-state index is 0.611. The summed E-state index contributed by atoms with van der Waals surface area (Å²) in [6, 6.07) is 0.611. The molecule has 0 aliphatic carbocycles. The first kappa shape index (κ1) is 15.9. The van der Waals surface area contributed by atoms with Crippen molar-refractivity contribution in [3.05, 3.63) is 0 Å². The molecule has 2 unspecified atom stereocenters. The summed E-state index contributed by atoms with van der Waals surface area (Å²) in [6.45, 7) is 12.2. The minimum atomic E-state index is 0.611. The molecule has 3 heteroatoms. The molecule has 18 heavy (non-hydrogen) atoms. The topological polar surface area (TPSA) is 24.5 Å². The predicted molar refractivity (Wildman–Crippen MR) is 78.0 cm³/mol. The van der Waals surface area contributed by atoms with Gasteiger partial charge in [0.25, 0.3) is 0 Å². The van der Waals surface area contributed by atoms with Crippen LogP contribution >= 0.6 is 0 Å². The molecule has 1 heterocycles. The van der Waals surface area contributed by atoms with Crippen LogP contribution in [0.5, 0.6) is 0 Å². The summed E-state index contributed by atoms with van der Waals surface area (Å²) in [4.78, 5) is 2.48. The molecule has 1 saturated heterocycles. The SMILES string of the molecule is CCCNC(CN(C)CC1CCCOC1)C(C)C. The molecule has 0 amide bonds. The smallest absolute Gasteiger partial charge is 0.0506 e. The fourth-order valence-electron chi connectivity index (χ4n) is 2.64. The van der Waals surface area contributed by atoms with Crippen LogP contribution in [0.25, 0.3) is 0 Å². The largest absolute Gasteiger partial charge is 0.381 e. The first-order valence-electron chi connectivity index (χ1n) is 7.63. The number of hydrogen-bond donors (Lipinski definition) is 1. The molecular weight excluding hydrogens is 224 g/mol. The van der Waals surface area contributed by atoms with Gasteiger partial charge in [-0.15, -0.1) is 0 Å². The first-order valence-corrected chi connectivity index (χ1v) is 7.63. The highest BCUT2D eigenvalue weighted by Gasteiger charge is 2.19. The van der Waals surface area contributed by atoms with Crippen LogP contribution in [0.15, 0.2) is 0 Å². The van der Waals surface area contributed by atoms with Crippen molar-refractivity contribution in [1.82, 2.24) is 10.2 Å². The van der Waals surface area contributed by atoms with E-state index in [1.165, 1.54) is 25.8 Å². The highest BCUT2D eigenvalue weighted by molar-refractivity contribution is 4.76. The molecule has 1 aliphatic heterocycles. The van der Waals surface area contributed by atoms with E-state index in [0.29, 0.717) is 12.0 Å². The van der Waals surface area contributed by atoms with Crippen LogP contribution in [0.2, 0.25) is 0 Å². The number of nitrogens with zero attached hydrogens (tertiary/aromatic N) is 1. The molecule has 2 atom stereocenters. The van der Waals surface area contributed by atoms with Gasteiger partial charge in [-0.3, -0.25) is 0 Å². The molecule has 1 fully saturated rings. The quantitative estimate of drug-likeness (QED) is 0.721. The summed E-state index contributed by atoms with van der Waals surface area (Å²) >= 11 is 0. The van der Waals surface area contributed by atoms with Gasteiger partial charge in [0.05, 0.1) is 6.61 Å². The molecule has 0 spiro atoms. The second kappa shape index (κ2) is 8.89. The first-order chi connectivity index (χ1) is 8.63. The Labute approximate surface area is 113 Å². The monoisotopic (exact) mass is 256 g/mol. The van der Waals surface area contributed by atoms with Crippen LogP contribution < -0.4 is 5.32 Å². The Morgan fingerprint density at radius 3 is 2.72 bits per heavy atom. The van der Waals surface area contributed by atoms with Crippen molar-refractivity contribution in [2.45, 2.75) is 46.1 Å². The lowest BCUT2D eigenvalue weighted by atomic mass is 10.00. The van der Waals surface area contributed by atoms with Crippen LogP contribution in [-0.4, -0.2) is 50.8 Å². The highest BCUT2D eigenvalue weighted by atomic mass is 16.5. The van der Waals surface area contributed by atoms with Crippen molar-refractivity contribution in [1.29, 1.82) is 0 Å². The lowest BCUT2D eigenvalue weighted by molar-refractivity contribution is 0.0402. The van der Waals surface area contributed by atoms with Crippen molar-refractivity contribution in [2.75, 3.05) is 39.9 Å². The Bertz CT molecular complexity index is 203. The molecule has 1 aliphatic rings. The van der Waals surface area contributed by atoms with Gasteiger partial charge in [-0.1, -0.05) is 20.8 Å². The molecular formula is C15H32N2O. The highest BCUT2D eigenvalue weighted by Crippen LogP contribution is 2.15. The van der Waals surface area contributed by atoms with E-state index < -0.39 is 0 Å². The Morgan fingerprint density at radius 1 is 1.39 bits per heavy atom. The van der Waals surface area contributed by atoms with Gasteiger partial charge in [0, 0.05) is 25.7 Å². The second-order valence-corrected chi connectivity index (χ2v) is 6.11. The maximum atomic E-state index is 5.56. The zero-order valence-corrected chi connectivity index (χ0v) is 12.7. The van der Waals surface area contributed by atoms with Crippen molar-refractivity contribution in [3.8, 4) is 0 Å². The normalized spacial score (nSPS) is 22.7. The third kappa shape index (κ3) is 6.17. The van der Waals surface area contributed by atoms with Gasteiger partial charge in [-0.25, -0.2) is 0 Å². The summed E-state index contributed by atoms with van der Waals surface area (Å²) in [7, 11) is 2.25. The van der Waals surface area contributed by atoms with Crippen LogP contribution in [0, 0.1) is 11.8 Å². The maximum absolute atomic E-state index is 5.56. The number of ether oxygens (including phenoxy) is 1. The van der Waals surface area contributed by atoms with Crippen molar-refractivity contribution >= 4 is 0 Å². The summed E-state index contributed by atoms with van der Waals surface area (Å²) in [5.74, 6) is 1.43. The molecule has 0 radical (unpaired) electrons. The zero-order valence-electron chi connectivity index (χ0n) is 12.7. The van der Waals surface area contributed by atoms with Crippen molar-refractivity contribution in [3.63, 3.8) is 0 Å². The summed E-state index contributed by atoms with van der Waals surface area (Å²) in [5, 5.41) is 3.66. The number of rotatable bonds is 8. The average Bonchev–Trinajstić information content (AvgIpc) is 2.35. The van der Waals surface area contributed by atoms with Gasteiger partial charge in [-0.05, 0) is 44.7 Å². The third-order valence-corrected chi connectivity index (χ3v) is 3.79. The van der Waals surface area contributed by atoms with Crippen LogP contribution in [0.3, 0.4) is 0 Å². The van der Waals surface area contributed by atoms with E-state index in [4.69, 9.17) is 4.74 Å². The average molecular weight is 256 g/mol. The van der Waals surface area contributed by atoms with E-state index in [1.807, 2.05) is 0 Å².